The summed E-state index contributed by atoms with van der Waals surface area (Å²) in [6.45, 7) is 6.02. The molecule has 182 valence electrons. The maximum atomic E-state index is 13.6. The smallest absolute Gasteiger partial charge is 0.259 e. The molecule has 3 aromatic carbocycles. The molecule has 6 nitrogen and oxygen atoms in total. The fraction of sp³-hybridized carbons (Fsp3) is 0.267. The Hall–Kier alpha value is -3.92. The van der Waals surface area contributed by atoms with Crippen molar-refractivity contribution < 1.29 is 4.74 Å². The highest BCUT2D eigenvalue weighted by Crippen LogP contribution is 2.32. The highest BCUT2D eigenvalue weighted by Gasteiger charge is 2.21. The zero-order valence-corrected chi connectivity index (χ0v) is 20.6. The number of ether oxygens (including phenoxy) is 1. The van der Waals surface area contributed by atoms with E-state index in [4.69, 9.17) is 4.74 Å². The summed E-state index contributed by atoms with van der Waals surface area (Å²) in [6, 6.07) is 28.2. The number of pyridine rings is 1. The van der Waals surface area contributed by atoms with Crippen molar-refractivity contribution in [2.45, 2.75) is 13.1 Å². The van der Waals surface area contributed by atoms with E-state index in [1.807, 2.05) is 48.5 Å². The molecule has 4 aromatic rings. The summed E-state index contributed by atoms with van der Waals surface area (Å²) >= 11 is 0. The number of benzene rings is 3. The van der Waals surface area contributed by atoms with Crippen molar-refractivity contribution in [1.82, 2.24) is 14.4 Å². The Morgan fingerprint density at radius 2 is 1.50 bits per heavy atom. The molecule has 0 bridgehead atoms. The van der Waals surface area contributed by atoms with E-state index >= 15 is 0 Å². The molecule has 36 heavy (non-hydrogen) atoms. The van der Waals surface area contributed by atoms with E-state index in [1.165, 1.54) is 5.56 Å². The van der Waals surface area contributed by atoms with Gasteiger partial charge in [0.15, 0.2) is 0 Å². The largest absolute Gasteiger partial charge is 0.497 e. The molecule has 0 radical (unpaired) electrons. The monoisotopic (exact) mass is 478 g/mol. The number of rotatable bonds is 7. The molecule has 1 aromatic heterocycles. The molecule has 5 rings (SSSR count). The fourth-order valence-corrected chi connectivity index (χ4v) is 5.03. The fourth-order valence-electron chi connectivity index (χ4n) is 5.03. The molecule has 0 saturated carbocycles. The lowest BCUT2D eigenvalue weighted by molar-refractivity contribution is 0.124. The van der Waals surface area contributed by atoms with E-state index in [0.29, 0.717) is 23.4 Å². The second kappa shape index (κ2) is 10.8. The van der Waals surface area contributed by atoms with Crippen LogP contribution in [-0.4, -0.2) is 54.2 Å². The van der Waals surface area contributed by atoms with Crippen LogP contribution in [0.4, 0.5) is 0 Å². The topological polar surface area (TPSA) is 61.5 Å². The van der Waals surface area contributed by atoms with Crippen molar-refractivity contribution in [2.24, 2.45) is 0 Å². The van der Waals surface area contributed by atoms with Crippen molar-refractivity contribution in [3.05, 3.63) is 100 Å². The van der Waals surface area contributed by atoms with Crippen LogP contribution >= 0.6 is 0 Å². The molecule has 6 heteroatoms. The predicted octanol–water partition coefficient (Wildman–Crippen LogP) is 4.37. The Kier molecular flexibility index (Phi) is 7.13. The zero-order chi connectivity index (χ0) is 24.9. The van der Waals surface area contributed by atoms with E-state index in [-0.39, 0.29) is 5.56 Å². The highest BCUT2D eigenvalue weighted by molar-refractivity contribution is 5.99. The highest BCUT2D eigenvalue weighted by atomic mass is 16.5. The number of fused-ring (bicyclic) bond motifs is 1. The lowest BCUT2D eigenvalue weighted by Crippen LogP contribution is -2.47. The first kappa shape index (κ1) is 23.8. The molecule has 1 saturated heterocycles. The summed E-state index contributed by atoms with van der Waals surface area (Å²) in [5.41, 5.74) is 3.29. The number of hydrogen-bond donors (Lipinski definition) is 0. The van der Waals surface area contributed by atoms with Gasteiger partial charge in [0.05, 0.1) is 7.11 Å². The maximum absolute atomic E-state index is 13.6. The molecular weight excluding hydrogens is 448 g/mol. The average molecular weight is 479 g/mol. The van der Waals surface area contributed by atoms with Gasteiger partial charge in [-0.1, -0.05) is 60.7 Å². The number of hydrogen-bond acceptors (Lipinski definition) is 5. The average Bonchev–Trinajstić information content (AvgIpc) is 2.94. The van der Waals surface area contributed by atoms with Gasteiger partial charge in [-0.15, -0.1) is 0 Å². The molecule has 0 spiro atoms. The number of nitriles is 1. The summed E-state index contributed by atoms with van der Waals surface area (Å²) in [5, 5.41) is 11.6. The van der Waals surface area contributed by atoms with Crippen molar-refractivity contribution >= 4 is 10.8 Å². The van der Waals surface area contributed by atoms with E-state index in [1.54, 1.807) is 17.7 Å². The standard InChI is InChI=1S/C30H30N4O2/c1-36-25-12-13-26-27(20-25)29(24-10-6-3-7-11-24)28(21-31)34(30(26)35)19-18-32-14-16-33(17-15-32)22-23-8-4-2-5-9-23/h2-13,20H,14-19,22H2,1H3. The summed E-state index contributed by atoms with van der Waals surface area (Å²) in [4.78, 5) is 18.4. The summed E-state index contributed by atoms with van der Waals surface area (Å²) in [7, 11) is 1.61. The molecule has 1 fully saturated rings. The molecule has 0 unspecified atom stereocenters. The van der Waals surface area contributed by atoms with Gasteiger partial charge in [-0.2, -0.15) is 5.26 Å². The first-order valence-corrected chi connectivity index (χ1v) is 12.4. The minimum Gasteiger partial charge on any atom is -0.497 e. The predicted molar refractivity (Wildman–Crippen MR) is 143 cm³/mol. The second-order valence-corrected chi connectivity index (χ2v) is 9.17. The molecule has 1 aliphatic heterocycles. The Morgan fingerprint density at radius 3 is 2.17 bits per heavy atom. The van der Waals surface area contributed by atoms with Crippen LogP contribution in [-0.2, 0) is 13.1 Å². The molecule has 0 amide bonds. The van der Waals surface area contributed by atoms with Crippen LogP contribution in [0.3, 0.4) is 0 Å². The summed E-state index contributed by atoms with van der Waals surface area (Å²) < 4.78 is 7.09. The lowest BCUT2D eigenvalue weighted by Gasteiger charge is -2.35. The van der Waals surface area contributed by atoms with E-state index in [0.717, 1.165) is 55.8 Å². The Morgan fingerprint density at radius 1 is 0.833 bits per heavy atom. The van der Waals surface area contributed by atoms with Gasteiger partial charge in [0, 0.05) is 62.1 Å². The third kappa shape index (κ3) is 4.90. The van der Waals surface area contributed by atoms with Crippen LogP contribution in [0, 0.1) is 11.3 Å². The Balaban J connectivity index is 1.40. The minimum absolute atomic E-state index is 0.133. The number of piperazine rings is 1. The van der Waals surface area contributed by atoms with Crippen molar-refractivity contribution in [3.8, 4) is 22.9 Å². The van der Waals surface area contributed by atoms with Gasteiger partial charge >= 0.3 is 0 Å². The molecule has 0 aliphatic carbocycles. The maximum Gasteiger partial charge on any atom is 0.259 e. The van der Waals surface area contributed by atoms with Crippen LogP contribution < -0.4 is 10.3 Å². The SMILES string of the molecule is COc1ccc2c(=O)n(CCN3CCN(Cc4ccccc4)CC3)c(C#N)c(-c3ccccc3)c2c1. The van der Waals surface area contributed by atoms with Gasteiger partial charge in [0.2, 0.25) is 0 Å². The van der Waals surface area contributed by atoms with Crippen LogP contribution in [0.2, 0.25) is 0 Å². The number of methoxy groups -OCH3 is 1. The van der Waals surface area contributed by atoms with Crippen molar-refractivity contribution in [2.75, 3.05) is 39.8 Å². The van der Waals surface area contributed by atoms with Gasteiger partial charge in [-0.05, 0) is 29.3 Å². The first-order valence-electron chi connectivity index (χ1n) is 12.4. The number of nitrogens with zero attached hydrogens (tertiary/aromatic N) is 4. The minimum atomic E-state index is -0.133. The number of aromatic nitrogens is 1. The van der Waals surface area contributed by atoms with Gasteiger partial charge in [0.25, 0.3) is 5.56 Å². The third-order valence-electron chi connectivity index (χ3n) is 7.00. The van der Waals surface area contributed by atoms with Gasteiger partial charge < -0.3 is 4.74 Å². The summed E-state index contributed by atoms with van der Waals surface area (Å²) in [5.74, 6) is 0.661. The normalized spacial score (nSPS) is 14.6. The van der Waals surface area contributed by atoms with E-state index in [2.05, 4.69) is 40.1 Å². The quantitative estimate of drug-likeness (QED) is 0.395. The van der Waals surface area contributed by atoms with Gasteiger partial charge in [0.1, 0.15) is 17.5 Å². The Labute approximate surface area is 211 Å². The van der Waals surface area contributed by atoms with E-state index in [9.17, 15) is 10.1 Å². The Bertz CT molecular complexity index is 1430. The molecule has 2 heterocycles. The first-order chi connectivity index (χ1) is 17.7. The third-order valence-corrected chi connectivity index (χ3v) is 7.00. The van der Waals surface area contributed by atoms with E-state index < -0.39 is 0 Å². The zero-order valence-electron chi connectivity index (χ0n) is 20.6. The molecule has 0 N–H and O–H groups in total. The van der Waals surface area contributed by atoms with Crippen LogP contribution in [0.25, 0.3) is 21.9 Å². The van der Waals surface area contributed by atoms with Gasteiger partial charge in [-0.25, -0.2) is 0 Å². The molecule has 0 atom stereocenters. The summed E-state index contributed by atoms with van der Waals surface area (Å²) in [6.07, 6.45) is 0. The van der Waals surface area contributed by atoms with Crippen LogP contribution in [0.15, 0.2) is 83.7 Å². The second-order valence-electron chi connectivity index (χ2n) is 9.17. The van der Waals surface area contributed by atoms with Crippen molar-refractivity contribution in [3.63, 3.8) is 0 Å². The molecule has 1 aliphatic rings. The van der Waals surface area contributed by atoms with Gasteiger partial charge in [-0.3, -0.25) is 19.2 Å². The lowest BCUT2D eigenvalue weighted by atomic mass is 9.97. The van der Waals surface area contributed by atoms with Crippen LogP contribution in [0.5, 0.6) is 5.75 Å². The van der Waals surface area contributed by atoms with Crippen molar-refractivity contribution in [1.29, 1.82) is 5.26 Å². The molecular formula is C30H30N4O2. The van der Waals surface area contributed by atoms with Crippen LogP contribution in [0.1, 0.15) is 11.3 Å².